The number of hydrogen-bond donors (Lipinski definition) is 1. The predicted molar refractivity (Wildman–Crippen MR) is 111 cm³/mol. The molecule has 0 spiro atoms. The van der Waals surface area contributed by atoms with Gasteiger partial charge in [-0.05, 0) is 60.8 Å². The van der Waals surface area contributed by atoms with Crippen LogP contribution in [0.2, 0.25) is 0 Å². The van der Waals surface area contributed by atoms with Gasteiger partial charge in [-0.25, -0.2) is 0 Å². The van der Waals surface area contributed by atoms with E-state index >= 15 is 0 Å². The maximum Gasteiger partial charge on any atom is 0.122 e. The van der Waals surface area contributed by atoms with Gasteiger partial charge in [0.15, 0.2) is 0 Å². The Labute approximate surface area is 163 Å². The fourth-order valence-corrected chi connectivity index (χ4v) is 4.63. The molecule has 2 atom stereocenters. The highest BCUT2D eigenvalue weighted by atomic mass is 32.1. The van der Waals surface area contributed by atoms with Gasteiger partial charge < -0.3 is 4.74 Å². The highest BCUT2D eigenvalue weighted by Gasteiger charge is 2.32. The van der Waals surface area contributed by atoms with Crippen LogP contribution in [0, 0.1) is 5.92 Å². The van der Waals surface area contributed by atoms with Gasteiger partial charge in [0.1, 0.15) is 5.75 Å². The van der Waals surface area contributed by atoms with E-state index in [1.54, 1.807) is 7.11 Å². The first-order valence-corrected chi connectivity index (χ1v) is 10.4. The Morgan fingerprint density at radius 1 is 1.08 bits per heavy atom. The number of rotatable bonds is 7. The molecule has 0 saturated heterocycles. The number of nitrogens with zero attached hydrogens (tertiary/aromatic N) is 1. The van der Waals surface area contributed by atoms with Gasteiger partial charge in [0, 0.05) is 24.4 Å². The van der Waals surface area contributed by atoms with Crippen LogP contribution >= 0.6 is 12.6 Å². The van der Waals surface area contributed by atoms with Crippen LogP contribution in [0.3, 0.4) is 0 Å². The summed E-state index contributed by atoms with van der Waals surface area (Å²) in [6, 6.07) is 17.8. The average molecular weight is 368 g/mol. The number of thiol groups is 1. The standard InChI is InChI=1S/C23H29NOS/c1-25-22-9-5-8-18-12-13-20(14-21(18)22)24(15-17-10-11-17)16-23(26)19-6-3-2-4-7-19/h2-9,17,20,23,26H,10-16H2,1H3. The maximum atomic E-state index is 5.65. The zero-order valence-electron chi connectivity index (χ0n) is 15.6. The molecule has 138 valence electrons. The second-order valence-corrected chi connectivity index (χ2v) is 8.44. The molecule has 2 aliphatic carbocycles. The van der Waals surface area contributed by atoms with Crippen LogP contribution in [-0.2, 0) is 12.8 Å². The van der Waals surface area contributed by atoms with Gasteiger partial charge in [0.2, 0.25) is 0 Å². The Morgan fingerprint density at radius 2 is 1.88 bits per heavy atom. The van der Waals surface area contributed by atoms with Crippen molar-refractivity contribution in [2.24, 2.45) is 5.92 Å². The van der Waals surface area contributed by atoms with Gasteiger partial charge >= 0.3 is 0 Å². The summed E-state index contributed by atoms with van der Waals surface area (Å²) in [6.45, 7) is 2.25. The SMILES string of the molecule is COc1cccc2c1CC(N(CC1CC1)CC(S)c1ccccc1)CC2. The number of methoxy groups -OCH3 is 1. The summed E-state index contributed by atoms with van der Waals surface area (Å²) in [7, 11) is 1.79. The lowest BCUT2D eigenvalue weighted by molar-refractivity contribution is 0.172. The maximum absolute atomic E-state index is 5.65. The summed E-state index contributed by atoms with van der Waals surface area (Å²) in [4.78, 5) is 2.72. The first kappa shape index (κ1) is 17.9. The highest BCUT2D eigenvalue weighted by molar-refractivity contribution is 7.80. The van der Waals surface area contributed by atoms with Crippen molar-refractivity contribution in [3.8, 4) is 5.75 Å². The number of aryl methyl sites for hydroxylation is 1. The smallest absolute Gasteiger partial charge is 0.122 e. The monoisotopic (exact) mass is 367 g/mol. The molecule has 2 aliphatic rings. The zero-order valence-corrected chi connectivity index (χ0v) is 16.5. The molecule has 0 aliphatic heterocycles. The van der Waals surface area contributed by atoms with E-state index in [4.69, 9.17) is 17.4 Å². The number of fused-ring (bicyclic) bond motifs is 1. The van der Waals surface area contributed by atoms with Crippen LogP contribution in [0.5, 0.6) is 5.75 Å². The van der Waals surface area contributed by atoms with E-state index in [2.05, 4.69) is 53.4 Å². The minimum Gasteiger partial charge on any atom is -0.496 e. The Kier molecular flexibility index (Phi) is 5.56. The summed E-state index contributed by atoms with van der Waals surface area (Å²) in [6.07, 6.45) is 6.28. The Balaban J connectivity index is 1.51. The van der Waals surface area contributed by atoms with Gasteiger partial charge in [0.05, 0.1) is 7.11 Å². The van der Waals surface area contributed by atoms with Crippen molar-refractivity contribution in [2.75, 3.05) is 20.2 Å². The molecule has 2 nitrogen and oxygen atoms in total. The fraction of sp³-hybridized carbons (Fsp3) is 0.478. The van der Waals surface area contributed by atoms with E-state index in [0.29, 0.717) is 6.04 Å². The van der Waals surface area contributed by atoms with E-state index in [9.17, 15) is 0 Å². The molecule has 3 heteroatoms. The van der Waals surface area contributed by atoms with Crippen LogP contribution in [0.15, 0.2) is 48.5 Å². The summed E-state index contributed by atoms with van der Waals surface area (Å²) in [5, 5.41) is 0.272. The van der Waals surface area contributed by atoms with Gasteiger partial charge in [-0.1, -0.05) is 42.5 Å². The number of benzene rings is 2. The van der Waals surface area contributed by atoms with Gasteiger partial charge in [0.25, 0.3) is 0 Å². The molecular weight excluding hydrogens is 338 g/mol. The first-order valence-electron chi connectivity index (χ1n) is 9.86. The molecule has 2 unspecified atom stereocenters. The molecule has 2 aromatic carbocycles. The van der Waals surface area contributed by atoms with Gasteiger partial charge in [-0.15, -0.1) is 0 Å². The van der Waals surface area contributed by atoms with E-state index in [0.717, 1.165) is 31.1 Å². The summed E-state index contributed by atoms with van der Waals surface area (Å²) < 4.78 is 5.65. The van der Waals surface area contributed by atoms with Crippen LogP contribution in [-0.4, -0.2) is 31.1 Å². The quantitative estimate of drug-likeness (QED) is 0.696. The van der Waals surface area contributed by atoms with Gasteiger partial charge in [-0.2, -0.15) is 12.6 Å². The Bertz CT molecular complexity index is 714. The van der Waals surface area contributed by atoms with Crippen molar-refractivity contribution in [1.82, 2.24) is 4.90 Å². The molecule has 1 fully saturated rings. The predicted octanol–water partition coefficient (Wildman–Crippen LogP) is 4.94. The largest absolute Gasteiger partial charge is 0.496 e. The third kappa shape index (κ3) is 4.10. The van der Waals surface area contributed by atoms with Crippen LogP contribution < -0.4 is 4.74 Å². The van der Waals surface area contributed by atoms with Crippen molar-refractivity contribution < 1.29 is 4.74 Å². The van der Waals surface area contributed by atoms with E-state index in [1.165, 1.54) is 42.5 Å². The van der Waals surface area contributed by atoms with Crippen molar-refractivity contribution >= 4 is 12.6 Å². The first-order chi connectivity index (χ1) is 12.7. The lowest BCUT2D eigenvalue weighted by Gasteiger charge is -2.37. The van der Waals surface area contributed by atoms with Crippen molar-refractivity contribution in [3.05, 3.63) is 65.2 Å². The summed E-state index contributed by atoms with van der Waals surface area (Å²) in [5.41, 5.74) is 4.21. The van der Waals surface area contributed by atoms with Crippen LogP contribution in [0.4, 0.5) is 0 Å². The number of ether oxygens (including phenoxy) is 1. The third-order valence-corrected chi connectivity index (χ3v) is 6.40. The second-order valence-electron chi connectivity index (χ2n) is 7.82. The third-order valence-electron chi connectivity index (χ3n) is 5.93. The molecule has 0 amide bonds. The van der Waals surface area contributed by atoms with E-state index in [1.807, 2.05) is 0 Å². The lowest BCUT2D eigenvalue weighted by Crippen LogP contribution is -2.42. The van der Waals surface area contributed by atoms with Crippen LogP contribution in [0.25, 0.3) is 0 Å². The Morgan fingerprint density at radius 3 is 2.62 bits per heavy atom. The molecule has 26 heavy (non-hydrogen) atoms. The topological polar surface area (TPSA) is 12.5 Å². The van der Waals surface area contributed by atoms with Crippen molar-refractivity contribution in [3.63, 3.8) is 0 Å². The lowest BCUT2D eigenvalue weighted by atomic mass is 9.86. The molecular formula is C23H29NOS. The van der Waals surface area contributed by atoms with E-state index < -0.39 is 0 Å². The molecule has 0 N–H and O–H groups in total. The normalized spacial score (nSPS) is 20.7. The van der Waals surface area contributed by atoms with Crippen LogP contribution in [0.1, 0.15) is 41.2 Å². The molecule has 0 aromatic heterocycles. The highest BCUT2D eigenvalue weighted by Crippen LogP contribution is 2.36. The molecule has 2 aromatic rings. The molecule has 0 radical (unpaired) electrons. The van der Waals surface area contributed by atoms with Gasteiger partial charge in [-0.3, -0.25) is 4.90 Å². The average Bonchev–Trinajstić information content (AvgIpc) is 3.51. The Hall–Kier alpha value is -1.45. The minimum atomic E-state index is 0.272. The van der Waals surface area contributed by atoms with E-state index in [-0.39, 0.29) is 5.25 Å². The number of hydrogen-bond acceptors (Lipinski definition) is 3. The summed E-state index contributed by atoms with van der Waals surface area (Å²) >= 11 is 4.95. The van der Waals surface area contributed by atoms with Crippen molar-refractivity contribution in [1.29, 1.82) is 0 Å². The molecule has 0 heterocycles. The molecule has 1 saturated carbocycles. The van der Waals surface area contributed by atoms with Crippen molar-refractivity contribution in [2.45, 2.75) is 43.4 Å². The fourth-order valence-electron chi connectivity index (χ4n) is 4.25. The minimum absolute atomic E-state index is 0.272. The second kappa shape index (κ2) is 8.06. The summed E-state index contributed by atoms with van der Waals surface area (Å²) in [5.74, 6) is 1.95. The molecule has 0 bridgehead atoms. The molecule has 4 rings (SSSR count). The zero-order chi connectivity index (χ0) is 17.9.